The zero-order valence-electron chi connectivity index (χ0n) is 16.8. The van der Waals surface area contributed by atoms with Gasteiger partial charge in [-0.05, 0) is 55.2 Å². The number of hydrogen-bond donors (Lipinski definition) is 3. The van der Waals surface area contributed by atoms with Crippen molar-refractivity contribution in [1.29, 1.82) is 0 Å². The minimum atomic E-state index is -0.607. The molecule has 2 rings (SSSR count). The van der Waals surface area contributed by atoms with Crippen LogP contribution < -0.4 is 20.7 Å². The van der Waals surface area contributed by atoms with Crippen molar-refractivity contribution < 1.29 is 14.3 Å². The average molecular weight is 418 g/mol. The van der Waals surface area contributed by atoms with Crippen molar-refractivity contribution in [3.63, 3.8) is 0 Å². The quantitative estimate of drug-likeness (QED) is 0.499. The van der Waals surface area contributed by atoms with Gasteiger partial charge >= 0.3 is 6.03 Å². The molecule has 1 atom stereocenters. The van der Waals surface area contributed by atoms with E-state index in [2.05, 4.69) is 16.0 Å². The molecule has 2 aromatic rings. The number of unbranched alkanes of at least 4 members (excludes halogenated alkanes) is 1. The first-order chi connectivity index (χ1) is 14.0. The highest BCUT2D eigenvalue weighted by molar-refractivity contribution is 6.30. The number of rotatable bonds is 10. The van der Waals surface area contributed by atoms with Crippen LogP contribution in [-0.2, 0) is 4.79 Å². The number of urea groups is 1. The molecule has 3 amide bonds. The molecule has 2 aromatic carbocycles. The molecule has 0 bridgehead atoms. The molecule has 0 heterocycles. The predicted molar refractivity (Wildman–Crippen MR) is 116 cm³/mol. The van der Waals surface area contributed by atoms with Crippen LogP contribution in [0.5, 0.6) is 5.75 Å². The maximum atomic E-state index is 12.5. The Kier molecular flexibility index (Phi) is 9.31. The van der Waals surface area contributed by atoms with Crippen LogP contribution in [0.3, 0.4) is 0 Å². The van der Waals surface area contributed by atoms with E-state index >= 15 is 0 Å². The lowest BCUT2D eigenvalue weighted by Gasteiger charge is -2.22. The minimum absolute atomic E-state index is 0.0373. The molecule has 7 heteroatoms. The van der Waals surface area contributed by atoms with E-state index in [1.54, 1.807) is 24.3 Å². The van der Waals surface area contributed by atoms with Gasteiger partial charge < -0.3 is 20.7 Å². The first kappa shape index (κ1) is 22.6. The molecule has 0 spiro atoms. The van der Waals surface area contributed by atoms with Crippen LogP contribution in [0.1, 0.15) is 26.7 Å². The highest BCUT2D eigenvalue weighted by Crippen LogP contribution is 2.15. The number of benzene rings is 2. The van der Waals surface area contributed by atoms with Gasteiger partial charge in [0.2, 0.25) is 5.91 Å². The first-order valence-corrected chi connectivity index (χ1v) is 10.1. The van der Waals surface area contributed by atoms with Crippen molar-refractivity contribution >= 4 is 29.2 Å². The van der Waals surface area contributed by atoms with E-state index in [1.165, 1.54) is 0 Å². The Morgan fingerprint density at radius 3 is 2.34 bits per heavy atom. The topological polar surface area (TPSA) is 79.5 Å². The summed E-state index contributed by atoms with van der Waals surface area (Å²) in [6.45, 7) is 4.87. The van der Waals surface area contributed by atoms with Crippen molar-refractivity contribution in [1.82, 2.24) is 10.6 Å². The lowest BCUT2D eigenvalue weighted by molar-refractivity contribution is -0.123. The number of carbonyl (C=O) groups excluding carboxylic acids is 2. The molecule has 0 fully saturated rings. The monoisotopic (exact) mass is 417 g/mol. The Labute approximate surface area is 177 Å². The SMILES string of the molecule is CC(C)[C@@H](NC(=O)Nc1ccccc1)C(=O)NCCCCOc1ccc(Cl)cc1. The number of amides is 3. The summed E-state index contributed by atoms with van der Waals surface area (Å²) in [7, 11) is 0. The molecule has 0 aliphatic heterocycles. The van der Waals surface area contributed by atoms with Gasteiger partial charge in [-0.15, -0.1) is 0 Å². The number of hydrogen-bond acceptors (Lipinski definition) is 3. The van der Waals surface area contributed by atoms with Crippen LogP contribution in [0.4, 0.5) is 10.5 Å². The third-order valence-corrected chi connectivity index (χ3v) is 4.47. The molecule has 0 aromatic heterocycles. The average Bonchev–Trinajstić information content (AvgIpc) is 2.70. The fraction of sp³-hybridized carbons (Fsp3) is 0.364. The molecule has 0 aliphatic rings. The van der Waals surface area contributed by atoms with E-state index in [1.807, 2.05) is 44.2 Å². The summed E-state index contributed by atoms with van der Waals surface area (Å²) in [6, 6.07) is 15.3. The van der Waals surface area contributed by atoms with Crippen molar-refractivity contribution in [2.45, 2.75) is 32.7 Å². The number of nitrogens with one attached hydrogen (secondary N) is 3. The maximum absolute atomic E-state index is 12.5. The third kappa shape index (κ3) is 8.44. The molecule has 0 radical (unpaired) electrons. The van der Waals surface area contributed by atoms with E-state index in [4.69, 9.17) is 16.3 Å². The van der Waals surface area contributed by atoms with Gasteiger partial charge in [0.05, 0.1) is 6.61 Å². The Bertz CT molecular complexity index is 767. The number of para-hydroxylation sites is 1. The minimum Gasteiger partial charge on any atom is -0.494 e. The summed E-state index contributed by atoms with van der Waals surface area (Å²) in [5.41, 5.74) is 0.675. The lowest BCUT2D eigenvalue weighted by atomic mass is 10.0. The van der Waals surface area contributed by atoms with Crippen LogP contribution in [0.2, 0.25) is 5.02 Å². The molecular formula is C22H28ClN3O3. The fourth-order valence-corrected chi connectivity index (χ4v) is 2.76. The van der Waals surface area contributed by atoms with Gasteiger partial charge in [-0.1, -0.05) is 43.6 Å². The molecular weight excluding hydrogens is 390 g/mol. The number of anilines is 1. The van der Waals surface area contributed by atoms with E-state index < -0.39 is 12.1 Å². The highest BCUT2D eigenvalue weighted by Gasteiger charge is 2.23. The molecule has 0 aliphatic carbocycles. The first-order valence-electron chi connectivity index (χ1n) is 9.74. The molecule has 0 unspecified atom stereocenters. The second-order valence-corrected chi connectivity index (χ2v) is 7.42. The maximum Gasteiger partial charge on any atom is 0.319 e. The zero-order valence-corrected chi connectivity index (χ0v) is 17.5. The van der Waals surface area contributed by atoms with Gasteiger partial charge in [-0.3, -0.25) is 4.79 Å². The Hall–Kier alpha value is -2.73. The number of halogens is 1. The Balaban J connectivity index is 1.67. The van der Waals surface area contributed by atoms with E-state index in [0.29, 0.717) is 23.9 Å². The van der Waals surface area contributed by atoms with E-state index in [0.717, 1.165) is 18.6 Å². The second-order valence-electron chi connectivity index (χ2n) is 6.99. The predicted octanol–water partition coefficient (Wildman–Crippen LogP) is 4.46. The van der Waals surface area contributed by atoms with Crippen LogP contribution in [0.25, 0.3) is 0 Å². The van der Waals surface area contributed by atoms with Gasteiger partial charge in [0.15, 0.2) is 0 Å². The summed E-state index contributed by atoms with van der Waals surface area (Å²) in [4.78, 5) is 24.6. The molecule has 6 nitrogen and oxygen atoms in total. The molecule has 156 valence electrons. The van der Waals surface area contributed by atoms with Crippen molar-refractivity contribution in [3.8, 4) is 5.75 Å². The van der Waals surface area contributed by atoms with Gasteiger partial charge in [0, 0.05) is 17.3 Å². The van der Waals surface area contributed by atoms with Crippen molar-refractivity contribution in [3.05, 3.63) is 59.6 Å². The zero-order chi connectivity index (χ0) is 21.1. The number of ether oxygens (including phenoxy) is 1. The largest absolute Gasteiger partial charge is 0.494 e. The highest BCUT2D eigenvalue weighted by atomic mass is 35.5. The normalized spacial score (nSPS) is 11.6. The third-order valence-electron chi connectivity index (χ3n) is 4.22. The van der Waals surface area contributed by atoms with Crippen LogP contribution in [-0.4, -0.2) is 31.1 Å². The van der Waals surface area contributed by atoms with Gasteiger partial charge in [0.25, 0.3) is 0 Å². The lowest BCUT2D eigenvalue weighted by Crippen LogP contribution is -2.51. The standard InChI is InChI=1S/C22H28ClN3O3/c1-16(2)20(26-22(28)25-18-8-4-3-5-9-18)21(27)24-14-6-7-15-29-19-12-10-17(23)11-13-19/h3-5,8-13,16,20H,6-7,14-15H2,1-2H3,(H,24,27)(H2,25,26,28)/t20-/m1/s1. The van der Waals surface area contributed by atoms with Crippen LogP contribution in [0, 0.1) is 5.92 Å². The number of carbonyl (C=O) groups is 2. The second kappa shape index (κ2) is 12.0. The van der Waals surface area contributed by atoms with E-state index in [-0.39, 0.29) is 11.8 Å². The summed E-state index contributed by atoms with van der Waals surface area (Å²) >= 11 is 5.84. The molecule has 29 heavy (non-hydrogen) atoms. The molecule has 0 saturated carbocycles. The van der Waals surface area contributed by atoms with Gasteiger partial charge in [0.1, 0.15) is 11.8 Å². The summed E-state index contributed by atoms with van der Waals surface area (Å²) in [6.07, 6.45) is 1.58. The Morgan fingerprint density at radius 1 is 1.00 bits per heavy atom. The van der Waals surface area contributed by atoms with Crippen molar-refractivity contribution in [2.75, 3.05) is 18.5 Å². The fourth-order valence-electron chi connectivity index (χ4n) is 2.63. The summed E-state index contributed by atoms with van der Waals surface area (Å²) < 4.78 is 5.63. The van der Waals surface area contributed by atoms with Gasteiger partial charge in [-0.2, -0.15) is 0 Å². The van der Waals surface area contributed by atoms with Crippen molar-refractivity contribution in [2.24, 2.45) is 5.92 Å². The van der Waals surface area contributed by atoms with Crippen LogP contribution >= 0.6 is 11.6 Å². The van der Waals surface area contributed by atoms with Crippen LogP contribution in [0.15, 0.2) is 54.6 Å². The summed E-state index contributed by atoms with van der Waals surface area (Å²) in [5, 5.41) is 9.03. The molecule has 3 N–H and O–H groups in total. The van der Waals surface area contributed by atoms with E-state index in [9.17, 15) is 9.59 Å². The summed E-state index contributed by atoms with van der Waals surface area (Å²) in [5.74, 6) is 0.540. The smallest absolute Gasteiger partial charge is 0.319 e. The Morgan fingerprint density at radius 2 is 1.69 bits per heavy atom. The molecule has 0 saturated heterocycles. The van der Waals surface area contributed by atoms with Gasteiger partial charge in [-0.25, -0.2) is 4.79 Å².